The fourth-order valence-corrected chi connectivity index (χ4v) is 1.91. The maximum Gasteiger partial charge on any atom is 0.242 e. The van der Waals surface area contributed by atoms with Gasteiger partial charge in [0.1, 0.15) is 12.1 Å². The van der Waals surface area contributed by atoms with Gasteiger partial charge in [0.15, 0.2) is 0 Å². The predicted octanol–water partition coefficient (Wildman–Crippen LogP) is 2.05. The number of hydrogen-bond acceptors (Lipinski definition) is 6. The van der Waals surface area contributed by atoms with Crippen LogP contribution >= 0.6 is 0 Å². The summed E-state index contributed by atoms with van der Waals surface area (Å²) in [5.74, 6) is -0.0384. The maximum atomic E-state index is 11.2. The Morgan fingerprint density at radius 1 is 1.33 bits per heavy atom. The van der Waals surface area contributed by atoms with Crippen molar-refractivity contribution in [3.8, 4) is 12.1 Å². The number of nitriles is 2. The second-order valence-corrected chi connectivity index (χ2v) is 4.56. The quantitative estimate of drug-likeness (QED) is 0.854. The lowest BCUT2D eigenvalue weighted by Crippen LogP contribution is -2.31. The molecule has 1 N–H and O–H groups in total. The lowest BCUT2D eigenvalue weighted by molar-refractivity contribution is -0.121. The van der Waals surface area contributed by atoms with Gasteiger partial charge in [-0.3, -0.25) is 4.79 Å². The second kappa shape index (κ2) is 6.40. The van der Waals surface area contributed by atoms with E-state index in [-0.39, 0.29) is 11.8 Å². The SMILES string of the molecule is C[C@@H]1CC(=O)NN=C1c1ccc(N=NC(C#N)C#N)cc1. The number of amides is 1. The number of carbonyl (C=O) groups excluding carboxylic acids is 1. The van der Waals surface area contributed by atoms with Gasteiger partial charge in [-0.15, -0.1) is 0 Å². The standard InChI is InChI=1S/C14H12N6O/c1-9-6-13(21)19-20-14(9)10-2-4-11(5-3-10)17-18-12(7-15)8-16/h2-5,9,12H,6H2,1H3,(H,19,21)/t9-/m1/s1. The minimum Gasteiger partial charge on any atom is -0.273 e. The van der Waals surface area contributed by atoms with E-state index in [1.807, 2.05) is 19.1 Å². The van der Waals surface area contributed by atoms with Crippen LogP contribution in [-0.4, -0.2) is 17.7 Å². The third-order valence-electron chi connectivity index (χ3n) is 2.96. The van der Waals surface area contributed by atoms with Gasteiger partial charge in [0.25, 0.3) is 0 Å². The molecule has 104 valence electrons. The van der Waals surface area contributed by atoms with Gasteiger partial charge >= 0.3 is 0 Å². The molecule has 7 heteroatoms. The van der Waals surface area contributed by atoms with Gasteiger partial charge in [-0.2, -0.15) is 25.9 Å². The molecule has 0 fully saturated rings. The average molecular weight is 280 g/mol. The van der Waals surface area contributed by atoms with Gasteiger partial charge in [-0.1, -0.05) is 19.1 Å². The van der Waals surface area contributed by atoms with Crippen molar-refractivity contribution in [2.75, 3.05) is 0 Å². The Hall–Kier alpha value is -3.06. The van der Waals surface area contributed by atoms with Crippen LogP contribution in [0.25, 0.3) is 0 Å². The Bertz CT molecular complexity index is 663. The highest BCUT2D eigenvalue weighted by molar-refractivity contribution is 6.05. The first kappa shape index (κ1) is 14.4. The molecule has 1 aliphatic rings. The molecule has 0 bridgehead atoms. The lowest BCUT2D eigenvalue weighted by atomic mass is 9.94. The van der Waals surface area contributed by atoms with E-state index in [1.165, 1.54) is 0 Å². The number of carbonyl (C=O) groups is 1. The summed E-state index contributed by atoms with van der Waals surface area (Å²) in [6.45, 7) is 1.94. The summed E-state index contributed by atoms with van der Waals surface area (Å²) in [4.78, 5) is 11.2. The number of benzene rings is 1. The third kappa shape index (κ3) is 3.48. The van der Waals surface area contributed by atoms with E-state index >= 15 is 0 Å². The van der Waals surface area contributed by atoms with Crippen LogP contribution in [0.4, 0.5) is 5.69 Å². The zero-order valence-corrected chi connectivity index (χ0v) is 11.3. The van der Waals surface area contributed by atoms with E-state index in [2.05, 4.69) is 20.8 Å². The lowest BCUT2D eigenvalue weighted by Gasteiger charge is -2.19. The minimum absolute atomic E-state index is 0.0489. The summed E-state index contributed by atoms with van der Waals surface area (Å²) in [5.41, 5.74) is 4.71. The Morgan fingerprint density at radius 2 is 2.00 bits per heavy atom. The molecule has 0 aliphatic carbocycles. The zero-order chi connectivity index (χ0) is 15.2. The van der Waals surface area contributed by atoms with Crippen molar-refractivity contribution in [1.29, 1.82) is 10.5 Å². The number of hydrogen-bond donors (Lipinski definition) is 1. The molecule has 2 rings (SSSR count). The molecule has 1 atom stereocenters. The monoisotopic (exact) mass is 280 g/mol. The highest BCUT2D eigenvalue weighted by atomic mass is 16.2. The molecule has 7 nitrogen and oxygen atoms in total. The van der Waals surface area contributed by atoms with Gasteiger partial charge in [-0.25, -0.2) is 5.43 Å². The molecule has 21 heavy (non-hydrogen) atoms. The van der Waals surface area contributed by atoms with E-state index in [1.54, 1.807) is 24.3 Å². The van der Waals surface area contributed by atoms with Crippen molar-refractivity contribution in [3.05, 3.63) is 29.8 Å². The van der Waals surface area contributed by atoms with Crippen LogP contribution in [0.1, 0.15) is 18.9 Å². The van der Waals surface area contributed by atoms with Gasteiger partial charge in [-0.05, 0) is 17.7 Å². The number of nitrogens with one attached hydrogen (secondary N) is 1. The Kier molecular flexibility index (Phi) is 4.37. The van der Waals surface area contributed by atoms with Crippen LogP contribution in [0, 0.1) is 28.6 Å². The van der Waals surface area contributed by atoms with Crippen LogP contribution in [0.2, 0.25) is 0 Å². The van der Waals surface area contributed by atoms with Crippen molar-refractivity contribution in [2.45, 2.75) is 19.4 Å². The normalized spacial score (nSPS) is 18.0. The van der Waals surface area contributed by atoms with Crippen LogP contribution in [0.15, 0.2) is 39.6 Å². The number of hydrazone groups is 1. The molecule has 0 saturated carbocycles. The highest BCUT2D eigenvalue weighted by Crippen LogP contribution is 2.20. The van der Waals surface area contributed by atoms with Crippen molar-refractivity contribution in [1.82, 2.24) is 5.43 Å². The number of nitrogens with zero attached hydrogens (tertiary/aromatic N) is 5. The van der Waals surface area contributed by atoms with E-state index in [0.717, 1.165) is 11.3 Å². The van der Waals surface area contributed by atoms with E-state index in [0.29, 0.717) is 12.1 Å². The molecule has 1 heterocycles. The van der Waals surface area contributed by atoms with Crippen LogP contribution in [0.3, 0.4) is 0 Å². The van der Waals surface area contributed by atoms with Crippen LogP contribution < -0.4 is 5.43 Å². The molecule has 1 aromatic carbocycles. The summed E-state index contributed by atoms with van der Waals surface area (Å²) < 4.78 is 0. The van der Waals surface area contributed by atoms with E-state index < -0.39 is 6.04 Å². The molecule has 0 radical (unpaired) electrons. The smallest absolute Gasteiger partial charge is 0.242 e. The predicted molar refractivity (Wildman–Crippen MR) is 74.4 cm³/mol. The summed E-state index contributed by atoms with van der Waals surface area (Å²) in [5, 5.41) is 28.7. The summed E-state index contributed by atoms with van der Waals surface area (Å²) in [7, 11) is 0. The van der Waals surface area contributed by atoms with Crippen molar-refractivity contribution < 1.29 is 4.79 Å². The molecular formula is C14H12N6O. The molecule has 1 aromatic rings. The van der Waals surface area contributed by atoms with Crippen molar-refractivity contribution >= 4 is 17.3 Å². The molecule has 1 amide bonds. The van der Waals surface area contributed by atoms with Crippen molar-refractivity contribution in [3.63, 3.8) is 0 Å². The van der Waals surface area contributed by atoms with E-state index in [9.17, 15) is 4.79 Å². The van der Waals surface area contributed by atoms with Crippen molar-refractivity contribution in [2.24, 2.45) is 21.2 Å². The van der Waals surface area contributed by atoms with Gasteiger partial charge in [0.05, 0.1) is 11.4 Å². The fraction of sp³-hybridized carbons (Fsp3) is 0.286. The first-order chi connectivity index (χ1) is 10.1. The Balaban J connectivity index is 2.15. The van der Waals surface area contributed by atoms with Gasteiger partial charge in [0, 0.05) is 12.3 Å². The molecule has 1 aliphatic heterocycles. The fourth-order valence-electron chi connectivity index (χ4n) is 1.91. The largest absolute Gasteiger partial charge is 0.273 e. The van der Waals surface area contributed by atoms with Gasteiger partial charge in [0.2, 0.25) is 11.9 Å². The van der Waals surface area contributed by atoms with Gasteiger partial charge < -0.3 is 0 Å². The first-order valence-corrected chi connectivity index (χ1v) is 6.31. The van der Waals surface area contributed by atoms with E-state index in [4.69, 9.17) is 10.5 Å². The topological polar surface area (TPSA) is 114 Å². The molecular weight excluding hydrogens is 268 g/mol. The highest BCUT2D eigenvalue weighted by Gasteiger charge is 2.21. The number of azo groups is 1. The second-order valence-electron chi connectivity index (χ2n) is 4.56. The average Bonchev–Trinajstić information content (AvgIpc) is 2.49. The third-order valence-corrected chi connectivity index (χ3v) is 2.96. The summed E-state index contributed by atoms with van der Waals surface area (Å²) in [6, 6.07) is 9.40. The maximum absolute atomic E-state index is 11.2. The number of rotatable bonds is 3. The zero-order valence-electron chi connectivity index (χ0n) is 11.3. The molecule has 0 unspecified atom stereocenters. The molecule has 0 aromatic heterocycles. The molecule has 0 spiro atoms. The summed E-state index contributed by atoms with van der Waals surface area (Å²) >= 11 is 0. The minimum atomic E-state index is -1.09. The Labute approximate surface area is 121 Å². The first-order valence-electron chi connectivity index (χ1n) is 6.31. The van der Waals surface area contributed by atoms with Crippen LogP contribution in [-0.2, 0) is 4.79 Å². The summed E-state index contributed by atoms with van der Waals surface area (Å²) in [6.07, 6.45) is 0.409. The Morgan fingerprint density at radius 3 is 2.57 bits per heavy atom. The molecule has 0 saturated heterocycles. The van der Waals surface area contributed by atoms with Crippen LogP contribution in [0.5, 0.6) is 0 Å².